The molecule has 32 heavy (non-hydrogen) atoms. The van der Waals surface area contributed by atoms with Crippen LogP contribution in [0.25, 0.3) is 0 Å². The molecule has 168 valence electrons. The fourth-order valence-electron chi connectivity index (χ4n) is 3.87. The predicted molar refractivity (Wildman–Crippen MR) is 120 cm³/mol. The Morgan fingerprint density at radius 2 is 1.84 bits per heavy atom. The lowest BCUT2D eigenvalue weighted by Gasteiger charge is -2.29. The molecule has 9 nitrogen and oxygen atoms in total. The zero-order valence-electron chi connectivity index (χ0n) is 18.6. The van der Waals surface area contributed by atoms with Crippen molar-refractivity contribution in [2.45, 2.75) is 32.4 Å². The highest BCUT2D eigenvalue weighted by Crippen LogP contribution is 2.30. The van der Waals surface area contributed by atoms with Gasteiger partial charge in [0.1, 0.15) is 30.4 Å². The predicted octanol–water partition coefficient (Wildman–Crippen LogP) is 2.36. The van der Waals surface area contributed by atoms with Crippen LogP contribution in [-0.4, -0.2) is 55.0 Å². The Morgan fingerprint density at radius 1 is 1.12 bits per heavy atom. The molecule has 0 spiro atoms. The molecule has 0 aliphatic carbocycles. The topological polar surface area (TPSA) is 95.5 Å². The summed E-state index contributed by atoms with van der Waals surface area (Å²) in [5, 5.41) is 9.88. The highest BCUT2D eigenvalue weighted by molar-refractivity contribution is 5.96. The second kappa shape index (κ2) is 8.88. The van der Waals surface area contributed by atoms with Gasteiger partial charge in [0.15, 0.2) is 0 Å². The van der Waals surface area contributed by atoms with Gasteiger partial charge in [-0.05, 0) is 37.0 Å². The lowest BCUT2D eigenvalue weighted by atomic mass is 9.98. The van der Waals surface area contributed by atoms with Crippen molar-refractivity contribution in [1.29, 1.82) is 0 Å². The molecule has 2 aliphatic rings. The second-order valence-corrected chi connectivity index (χ2v) is 7.96. The summed E-state index contributed by atoms with van der Waals surface area (Å²) in [4.78, 5) is 25.6. The molecule has 2 atom stereocenters. The van der Waals surface area contributed by atoms with Crippen LogP contribution in [0.4, 0.5) is 5.69 Å². The van der Waals surface area contributed by atoms with E-state index < -0.39 is 6.04 Å². The van der Waals surface area contributed by atoms with Crippen molar-refractivity contribution in [3.63, 3.8) is 0 Å². The Kier molecular flexibility index (Phi) is 6.00. The van der Waals surface area contributed by atoms with Crippen molar-refractivity contribution in [3.8, 4) is 11.5 Å². The van der Waals surface area contributed by atoms with Gasteiger partial charge in [0, 0.05) is 23.9 Å². The van der Waals surface area contributed by atoms with E-state index in [2.05, 4.69) is 47.9 Å². The van der Waals surface area contributed by atoms with Gasteiger partial charge in [-0.2, -0.15) is 5.10 Å². The maximum Gasteiger partial charge on any atom is 0.267 e. The van der Waals surface area contributed by atoms with Gasteiger partial charge < -0.3 is 14.8 Å². The number of rotatable bonds is 6. The fraction of sp³-hybridized carbons (Fsp3) is 0.348. The van der Waals surface area contributed by atoms with Crippen molar-refractivity contribution in [2.75, 3.05) is 26.1 Å². The van der Waals surface area contributed by atoms with Gasteiger partial charge in [-0.25, -0.2) is 10.4 Å². The SMILES string of the molecule is COc1cc(NC(=O)CN2N=CN3NC(c4ccc(C)c(C)c4)CC3C2=O)cc(OC)c1. The molecule has 2 heterocycles. The molecule has 2 amide bonds. The van der Waals surface area contributed by atoms with E-state index in [0.29, 0.717) is 23.6 Å². The van der Waals surface area contributed by atoms with E-state index in [1.807, 2.05) is 0 Å². The molecule has 0 radical (unpaired) electrons. The van der Waals surface area contributed by atoms with Crippen molar-refractivity contribution >= 4 is 23.8 Å². The molecule has 0 saturated carbocycles. The molecule has 0 aromatic heterocycles. The molecular weight excluding hydrogens is 410 g/mol. The van der Waals surface area contributed by atoms with Gasteiger partial charge in [-0.3, -0.25) is 14.6 Å². The molecule has 0 bridgehead atoms. The van der Waals surface area contributed by atoms with Gasteiger partial charge in [-0.15, -0.1) is 0 Å². The van der Waals surface area contributed by atoms with E-state index in [9.17, 15) is 9.59 Å². The minimum atomic E-state index is -0.413. The number of methoxy groups -OCH3 is 2. The largest absolute Gasteiger partial charge is 0.497 e. The molecular formula is C23H27N5O4. The molecule has 2 aromatic carbocycles. The zero-order chi connectivity index (χ0) is 22.8. The third kappa shape index (κ3) is 4.38. The molecule has 4 rings (SSSR count). The van der Waals surface area contributed by atoms with E-state index >= 15 is 0 Å². The van der Waals surface area contributed by atoms with Crippen molar-refractivity contribution in [3.05, 3.63) is 53.1 Å². The number of anilines is 1. The van der Waals surface area contributed by atoms with Crippen LogP contribution in [0.5, 0.6) is 11.5 Å². The average Bonchev–Trinajstić information content (AvgIpc) is 3.22. The highest BCUT2D eigenvalue weighted by atomic mass is 16.5. The van der Waals surface area contributed by atoms with Crippen LogP contribution in [0, 0.1) is 13.8 Å². The smallest absolute Gasteiger partial charge is 0.267 e. The van der Waals surface area contributed by atoms with Gasteiger partial charge >= 0.3 is 0 Å². The van der Waals surface area contributed by atoms with E-state index in [4.69, 9.17) is 9.47 Å². The van der Waals surface area contributed by atoms with Gasteiger partial charge in [0.2, 0.25) is 5.91 Å². The van der Waals surface area contributed by atoms with Crippen molar-refractivity contribution < 1.29 is 19.1 Å². The number of fused-ring (bicyclic) bond motifs is 1. The summed E-state index contributed by atoms with van der Waals surface area (Å²) in [5.74, 6) is 0.522. The van der Waals surface area contributed by atoms with Gasteiger partial charge in [0.25, 0.3) is 5.91 Å². The lowest BCUT2D eigenvalue weighted by molar-refractivity contribution is -0.139. The highest BCUT2D eigenvalue weighted by Gasteiger charge is 2.41. The number of carbonyl (C=O) groups excluding carboxylic acids is 2. The molecule has 2 aromatic rings. The summed E-state index contributed by atoms with van der Waals surface area (Å²) in [6.45, 7) is 3.96. The summed E-state index contributed by atoms with van der Waals surface area (Å²) in [6.07, 6.45) is 2.16. The van der Waals surface area contributed by atoms with Crippen LogP contribution in [0.1, 0.15) is 29.2 Å². The number of ether oxygens (including phenoxy) is 2. The number of aryl methyl sites for hydroxylation is 2. The monoisotopic (exact) mass is 437 g/mol. The number of nitrogens with one attached hydrogen (secondary N) is 2. The molecule has 1 saturated heterocycles. The Hall–Kier alpha value is -3.59. The van der Waals surface area contributed by atoms with Crippen LogP contribution in [-0.2, 0) is 9.59 Å². The van der Waals surface area contributed by atoms with Crippen LogP contribution >= 0.6 is 0 Å². The Morgan fingerprint density at radius 3 is 2.50 bits per heavy atom. The Labute approximate surface area is 186 Å². The van der Waals surface area contributed by atoms with Crippen LogP contribution < -0.4 is 20.2 Å². The van der Waals surface area contributed by atoms with Gasteiger partial charge in [0.05, 0.1) is 20.3 Å². The minimum Gasteiger partial charge on any atom is -0.497 e. The summed E-state index contributed by atoms with van der Waals surface area (Å²) in [5.41, 5.74) is 7.41. The Bertz CT molecular complexity index is 1050. The van der Waals surface area contributed by atoms with E-state index in [1.165, 1.54) is 30.4 Å². The first-order chi connectivity index (χ1) is 15.4. The lowest BCUT2D eigenvalue weighted by Crippen LogP contribution is -2.52. The summed E-state index contributed by atoms with van der Waals surface area (Å²) >= 11 is 0. The zero-order valence-corrected chi connectivity index (χ0v) is 18.6. The summed E-state index contributed by atoms with van der Waals surface area (Å²) < 4.78 is 10.4. The van der Waals surface area contributed by atoms with Crippen LogP contribution in [0.15, 0.2) is 41.5 Å². The van der Waals surface area contributed by atoms with Crippen molar-refractivity contribution in [2.24, 2.45) is 5.10 Å². The first-order valence-electron chi connectivity index (χ1n) is 10.4. The normalized spacial score (nSPS) is 19.7. The molecule has 2 aliphatic heterocycles. The number of hydrogen-bond donors (Lipinski definition) is 2. The number of hydrogen-bond acceptors (Lipinski definition) is 7. The van der Waals surface area contributed by atoms with Crippen LogP contribution in [0.3, 0.4) is 0 Å². The number of hydrazine groups is 1. The third-order valence-corrected chi connectivity index (χ3v) is 5.82. The fourth-order valence-corrected chi connectivity index (χ4v) is 3.87. The maximum absolute atomic E-state index is 13.0. The average molecular weight is 438 g/mol. The number of nitrogens with zero attached hydrogens (tertiary/aromatic N) is 3. The number of amides is 2. The van der Waals surface area contributed by atoms with Crippen molar-refractivity contribution in [1.82, 2.24) is 15.4 Å². The molecule has 2 unspecified atom stereocenters. The van der Waals surface area contributed by atoms with Crippen LogP contribution in [0.2, 0.25) is 0 Å². The minimum absolute atomic E-state index is 0.00715. The third-order valence-electron chi connectivity index (χ3n) is 5.82. The van der Waals surface area contributed by atoms with Gasteiger partial charge in [-0.1, -0.05) is 18.2 Å². The first kappa shape index (κ1) is 21.6. The van der Waals surface area contributed by atoms with E-state index in [1.54, 1.807) is 29.5 Å². The van der Waals surface area contributed by atoms with E-state index in [0.717, 1.165) is 5.56 Å². The molecule has 9 heteroatoms. The maximum atomic E-state index is 13.0. The number of hydrazone groups is 1. The second-order valence-electron chi connectivity index (χ2n) is 7.96. The quantitative estimate of drug-likeness (QED) is 0.721. The number of benzene rings is 2. The van der Waals surface area contributed by atoms with E-state index in [-0.39, 0.29) is 24.4 Å². The molecule has 2 N–H and O–H groups in total. The standard InChI is InChI=1S/C23H27N5O4/c1-14-5-6-16(7-15(14)2)20-11-21-23(30)27(24-13-28(21)26-20)12-22(29)25-17-8-18(31-3)10-19(9-17)32-4/h5-10,13,20-21,26H,11-12H2,1-4H3,(H,25,29). The summed E-state index contributed by atoms with van der Waals surface area (Å²) in [6, 6.07) is 11.0. The Balaban J connectivity index is 1.41. The first-order valence-corrected chi connectivity index (χ1v) is 10.4. The molecule has 1 fully saturated rings. The number of carbonyl (C=O) groups is 2. The summed E-state index contributed by atoms with van der Waals surface area (Å²) in [7, 11) is 3.07.